The molecule has 3 rings (SSSR count). The van der Waals surface area contributed by atoms with Crippen LogP contribution in [0.1, 0.15) is 22.9 Å². The molecule has 1 aliphatic rings. The maximum absolute atomic E-state index is 4.52. The van der Waals surface area contributed by atoms with Crippen LogP contribution in [-0.2, 0) is 6.42 Å². The van der Waals surface area contributed by atoms with Crippen molar-refractivity contribution in [2.75, 3.05) is 26.2 Å². The Bertz CT molecular complexity index is 562. The number of hydrogen-bond acceptors (Lipinski definition) is 3. The van der Waals surface area contributed by atoms with Gasteiger partial charge in [-0.3, -0.25) is 9.88 Å². The lowest BCUT2D eigenvalue weighted by atomic mass is 9.97. The van der Waals surface area contributed by atoms with Crippen molar-refractivity contribution in [3.05, 3.63) is 65.5 Å². The lowest BCUT2D eigenvalue weighted by Crippen LogP contribution is -2.45. The number of hydrogen-bond donors (Lipinski definition) is 1. The zero-order valence-electron chi connectivity index (χ0n) is 12.6. The van der Waals surface area contributed by atoms with Crippen LogP contribution in [0.2, 0.25) is 0 Å². The van der Waals surface area contributed by atoms with E-state index in [4.69, 9.17) is 0 Å². The molecular formula is C18H23N3. The number of piperazine rings is 1. The predicted molar refractivity (Wildman–Crippen MR) is 86.3 cm³/mol. The molecule has 1 unspecified atom stereocenters. The number of benzene rings is 1. The molecule has 1 aliphatic heterocycles. The van der Waals surface area contributed by atoms with Gasteiger partial charge in [-0.25, -0.2) is 0 Å². The molecule has 1 saturated heterocycles. The summed E-state index contributed by atoms with van der Waals surface area (Å²) in [5.41, 5.74) is 3.90. The third-order valence-corrected chi connectivity index (χ3v) is 4.15. The molecule has 1 atom stereocenters. The van der Waals surface area contributed by atoms with E-state index in [9.17, 15) is 0 Å². The Morgan fingerprint density at radius 2 is 2.00 bits per heavy atom. The summed E-state index contributed by atoms with van der Waals surface area (Å²) < 4.78 is 0. The fraction of sp³-hybridized carbons (Fsp3) is 0.389. The van der Waals surface area contributed by atoms with Crippen molar-refractivity contribution in [3.63, 3.8) is 0 Å². The minimum Gasteiger partial charge on any atom is -0.314 e. The van der Waals surface area contributed by atoms with Crippen LogP contribution in [0.3, 0.4) is 0 Å². The Morgan fingerprint density at radius 3 is 2.71 bits per heavy atom. The average Bonchev–Trinajstić information content (AvgIpc) is 2.54. The van der Waals surface area contributed by atoms with Crippen LogP contribution in [-0.4, -0.2) is 36.1 Å². The van der Waals surface area contributed by atoms with Crippen LogP contribution in [0.4, 0.5) is 0 Å². The molecule has 2 aromatic rings. The van der Waals surface area contributed by atoms with Crippen LogP contribution in [0, 0.1) is 6.92 Å². The Hall–Kier alpha value is -1.71. The first-order valence-electron chi connectivity index (χ1n) is 7.74. The standard InChI is InChI=1S/C18H23N3/c1-15-5-4-6-16(13-15)18(21-11-9-19-10-12-21)14-17-7-2-3-8-20-17/h2-8,13,18-19H,9-12,14H2,1H3. The second-order valence-electron chi connectivity index (χ2n) is 5.74. The SMILES string of the molecule is Cc1cccc(C(Cc2ccccn2)N2CCNCC2)c1. The van der Waals surface area contributed by atoms with Gasteiger partial charge in [0, 0.05) is 50.5 Å². The maximum atomic E-state index is 4.52. The van der Waals surface area contributed by atoms with Gasteiger partial charge in [0.2, 0.25) is 0 Å². The fourth-order valence-corrected chi connectivity index (χ4v) is 3.05. The second-order valence-corrected chi connectivity index (χ2v) is 5.74. The van der Waals surface area contributed by atoms with Crippen molar-refractivity contribution in [2.24, 2.45) is 0 Å². The van der Waals surface area contributed by atoms with Crippen molar-refractivity contribution in [2.45, 2.75) is 19.4 Å². The molecule has 0 spiro atoms. The molecule has 1 fully saturated rings. The first-order valence-corrected chi connectivity index (χ1v) is 7.74. The molecule has 0 bridgehead atoms. The molecule has 0 radical (unpaired) electrons. The largest absolute Gasteiger partial charge is 0.314 e. The lowest BCUT2D eigenvalue weighted by molar-refractivity contribution is 0.171. The summed E-state index contributed by atoms with van der Waals surface area (Å²) in [6.07, 6.45) is 2.87. The van der Waals surface area contributed by atoms with Gasteiger partial charge in [-0.1, -0.05) is 35.9 Å². The van der Waals surface area contributed by atoms with Gasteiger partial charge in [0.15, 0.2) is 0 Å². The normalized spacial score (nSPS) is 17.6. The highest BCUT2D eigenvalue weighted by atomic mass is 15.2. The Labute approximate surface area is 127 Å². The molecule has 3 nitrogen and oxygen atoms in total. The van der Waals surface area contributed by atoms with Crippen LogP contribution in [0.5, 0.6) is 0 Å². The molecule has 0 amide bonds. The van der Waals surface area contributed by atoms with Gasteiger partial charge in [0.25, 0.3) is 0 Å². The summed E-state index contributed by atoms with van der Waals surface area (Å²) in [6, 6.07) is 15.5. The van der Waals surface area contributed by atoms with E-state index in [-0.39, 0.29) is 0 Å². The van der Waals surface area contributed by atoms with Gasteiger partial charge in [0.05, 0.1) is 0 Å². The number of rotatable bonds is 4. The highest BCUT2D eigenvalue weighted by Gasteiger charge is 2.22. The summed E-state index contributed by atoms with van der Waals surface area (Å²) in [4.78, 5) is 7.10. The van der Waals surface area contributed by atoms with E-state index >= 15 is 0 Å². The van der Waals surface area contributed by atoms with E-state index in [0.717, 1.165) is 32.6 Å². The Kier molecular flexibility index (Phi) is 4.63. The summed E-state index contributed by atoms with van der Waals surface area (Å²) >= 11 is 0. The first-order chi connectivity index (χ1) is 10.3. The maximum Gasteiger partial charge on any atom is 0.0422 e. The second kappa shape index (κ2) is 6.83. The average molecular weight is 281 g/mol. The minimum atomic E-state index is 0.418. The molecule has 3 heteroatoms. The van der Waals surface area contributed by atoms with Gasteiger partial charge in [-0.05, 0) is 24.6 Å². The number of nitrogens with one attached hydrogen (secondary N) is 1. The number of aromatic nitrogens is 1. The van der Waals surface area contributed by atoms with Gasteiger partial charge in [-0.15, -0.1) is 0 Å². The van der Waals surface area contributed by atoms with Crippen LogP contribution in [0.25, 0.3) is 0 Å². The van der Waals surface area contributed by atoms with Gasteiger partial charge in [-0.2, -0.15) is 0 Å². The number of aryl methyl sites for hydroxylation is 1. The summed E-state index contributed by atoms with van der Waals surface area (Å²) in [5, 5.41) is 3.44. The molecule has 1 N–H and O–H groups in total. The van der Waals surface area contributed by atoms with E-state index in [1.165, 1.54) is 16.8 Å². The summed E-state index contributed by atoms with van der Waals surface area (Å²) in [5.74, 6) is 0. The molecule has 0 saturated carbocycles. The third-order valence-electron chi connectivity index (χ3n) is 4.15. The Morgan fingerprint density at radius 1 is 1.14 bits per heavy atom. The highest BCUT2D eigenvalue weighted by Crippen LogP contribution is 2.25. The molecule has 1 aromatic carbocycles. The topological polar surface area (TPSA) is 28.2 Å². The first kappa shape index (κ1) is 14.2. The smallest absolute Gasteiger partial charge is 0.0422 e. The van der Waals surface area contributed by atoms with Crippen molar-refractivity contribution in [3.8, 4) is 0 Å². The van der Waals surface area contributed by atoms with Crippen molar-refractivity contribution in [1.29, 1.82) is 0 Å². The van der Waals surface area contributed by atoms with Gasteiger partial charge in [0.1, 0.15) is 0 Å². The fourth-order valence-electron chi connectivity index (χ4n) is 3.05. The van der Waals surface area contributed by atoms with Crippen molar-refractivity contribution >= 4 is 0 Å². The molecule has 110 valence electrons. The van der Waals surface area contributed by atoms with Gasteiger partial charge < -0.3 is 5.32 Å². The van der Waals surface area contributed by atoms with E-state index in [2.05, 4.69) is 58.5 Å². The number of nitrogens with zero attached hydrogens (tertiary/aromatic N) is 2. The van der Waals surface area contributed by atoms with E-state index in [0.29, 0.717) is 6.04 Å². The molecule has 2 heterocycles. The van der Waals surface area contributed by atoms with Crippen molar-refractivity contribution < 1.29 is 0 Å². The van der Waals surface area contributed by atoms with Crippen LogP contribution < -0.4 is 5.32 Å². The van der Waals surface area contributed by atoms with Gasteiger partial charge >= 0.3 is 0 Å². The van der Waals surface area contributed by atoms with Crippen LogP contribution >= 0.6 is 0 Å². The third kappa shape index (κ3) is 3.69. The van der Waals surface area contributed by atoms with E-state index < -0.39 is 0 Å². The van der Waals surface area contributed by atoms with Crippen molar-refractivity contribution in [1.82, 2.24) is 15.2 Å². The van der Waals surface area contributed by atoms with E-state index in [1.807, 2.05) is 12.3 Å². The molecular weight excluding hydrogens is 258 g/mol. The summed E-state index contributed by atoms with van der Waals surface area (Å²) in [6.45, 7) is 6.52. The quantitative estimate of drug-likeness (QED) is 0.933. The zero-order chi connectivity index (χ0) is 14.5. The minimum absolute atomic E-state index is 0.418. The lowest BCUT2D eigenvalue weighted by Gasteiger charge is -2.35. The molecule has 0 aliphatic carbocycles. The molecule has 21 heavy (non-hydrogen) atoms. The Balaban J connectivity index is 1.86. The molecule has 1 aromatic heterocycles. The number of pyridine rings is 1. The van der Waals surface area contributed by atoms with Crippen LogP contribution in [0.15, 0.2) is 48.7 Å². The monoisotopic (exact) mass is 281 g/mol. The summed E-state index contributed by atoms with van der Waals surface area (Å²) in [7, 11) is 0. The highest BCUT2D eigenvalue weighted by molar-refractivity contribution is 5.26. The predicted octanol–water partition coefficient (Wildman–Crippen LogP) is 2.58. The van der Waals surface area contributed by atoms with E-state index in [1.54, 1.807) is 0 Å². The zero-order valence-corrected chi connectivity index (χ0v) is 12.6.